The largest absolute Gasteiger partial charge is 0.388 e. The minimum absolute atomic E-state index is 0.990. The van der Waals surface area contributed by atoms with Gasteiger partial charge in [0.25, 0.3) is 0 Å². The van der Waals surface area contributed by atoms with Gasteiger partial charge in [-0.05, 0) is 62.7 Å². The van der Waals surface area contributed by atoms with E-state index in [1.807, 2.05) is 55.6 Å². The molecule has 0 heterocycles. The van der Waals surface area contributed by atoms with Gasteiger partial charge in [0.1, 0.15) is 0 Å². The van der Waals surface area contributed by atoms with Gasteiger partial charge in [0.05, 0.1) is 0 Å². The fourth-order valence-electron chi connectivity index (χ4n) is 2.32. The van der Waals surface area contributed by atoms with Crippen molar-refractivity contribution in [2.45, 2.75) is 20.8 Å². The van der Waals surface area contributed by atoms with Gasteiger partial charge in [0, 0.05) is 37.2 Å². The lowest BCUT2D eigenvalue weighted by Crippen LogP contribution is -1.95. The summed E-state index contributed by atoms with van der Waals surface area (Å²) in [6, 6.07) is 28.6. The van der Waals surface area contributed by atoms with Crippen molar-refractivity contribution in [2.24, 2.45) is 0 Å². The van der Waals surface area contributed by atoms with Crippen molar-refractivity contribution < 1.29 is 0 Å². The second kappa shape index (κ2) is 14.3. The minimum atomic E-state index is 0.990. The molecule has 0 aromatic heterocycles. The molecule has 0 saturated carbocycles. The molecule has 0 atom stereocenters. The molecule has 3 aromatic rings. The van der Waals surface area contributed by atoms with Crippen LogP contribution in [0, 0.1) is 6.92 Å². The zero-order valence-corrected chi connectivity index (χ0v) is 17.0. The fraction of sp³-hybridized carbons (Fsp3) is 0.250. The van der Waals surface area contributed by atoms with E-state index < -0.39 is 0 Å². The number of hydrogen-bond donors (Lipinski definition) is 3. The average molecular weight is 364 g/mol. The molecule has 144 valence electrons. The molecule has 3 heteroatoms. The summed E-state index contributed by atoms with van der Waals surface area (Å²) >= 11 is 0. The highest BCUT2D eigenvalue weighted by Gasteiger charge is 1.87. The zero-order chi connectivity index (χ0) is 19.7. The normalized spacial score (nSPS) is 9.04. The van der Waals surface area contributed by atoms with Gasteiger partial charge in [-0.15, -0.1) is 0 Å². The van der Waals surface area contributed by atoms with Crippen LogP contribution in [0.3, 0.4) is 0 Å². The molecule has 0 fully saturated rings. The topological polar surface area (TPSA) is 36.1 Å². The van der Waals surface area contributed by atoms with Crippen LogP contribution in [0.15, 0.2) is 84.9 Å². The first-order valence-corrected chi connectivity index (χ1v) is 9.51. The SMILES string of the molecule is CCNc1cccc(C)c1.CCNc1ccccc1.CNc1ccccc1. The van der Waals surface area contributed by atoms with Crippen LogP contribution >= 0.6 is 0 Å². The molecular formula is C24H33N3. The lowest BCUT2D eigenvalue weighted by atomic mass is 10.2. The van der Waals surface area contributed by atoms with Crippen molar-refractivity contribution in [1.82, 2.24) is 0 Å². The number of benzene rings is 3. The van der Waals surface area contributed by atoms with Gasteiger partial charge >= 0.3 is 0 Å². The van der Waals surface area contributed by atoms with Crippen LogP contribution in [0.5, 0.6) is 0 Å². The van der Waals surface area contributed by atoms with Gasteiger partial charge in [-0.25, -0.2) is 0 Å². The summed E-state index contributed by atoms with van der Waals surface area (Å²) in [4.78, 5) is 0. The minimum Gasteiger partial charge on any atom is -0.388 e. The molecule has 3 aromatic carbocycles. The molecule has 0 unspecified atom stereocenters. The monoisotopic (exact) mass is 363 g/mol. The van der Waals surface area contributed by atoms with Crippen LogP contribution in [0.1, 0.15) is 19.4 Å². The molecule has 3 nitrogen and oxygen atoms in total. The van der Waals surface area contributed by atoms with E-state index in [0.717, 1.165) is 18.8 Å². The van der Waals surface area contributed by atoms with Crippen molar-refractivity contribution in [2.75, 3.05) is 36.1 Å². The molecule has 0 aliphatic rings. The Morgan fingerprint density at radius 1 is 0.593 bits per heavy atom. The molecule has 0 aliphatic heterocycles. The number of nitrogens with one attached hydrogen (secondary N) is 3. The third-order valence-electron chi connectivity index (χ3n) is 3.62. The van der Waals surface area contributed by atoms with E-state index in [4.69, 9.17) is 0 Å². The number of anilines is 3. The van der Waals surface area contributed by atoms with Gasteiger partial charge in [-0.3, -0.25) is 0 Å². The van der Waals surface area contributed by atoms with Crippen molar-refractivity contribution >= 4 is 17.1 Å². The standard InChI is InChI=1S/C9H13N.C8H11N.C7H9N/c1-3-10-9-6-4-5-8(2)7-9;1-2-9-8-6-4-3-5-7-8;1-8-7-5-3-2-4-6-7/h4-7,10H,3H2,1-2H3;3-7,9H,2H2,1H3;2-6,8H,1H3. The van der Waals surface area contributed by atoms with Crippen LogP contribution in [0.25, 0.3) is 0 Å². The maximum absolute atomic E-state index is 3.25. The van der Waals surface area contributed by atoms with E-state index in [2.05, 4.69) is 73.1 Å². The van der Waals surface area contributed by atoms with Crippen molar-refractivity contribution in [3.8, 4) is 0 Å². The number of rotatable bonds is 5. The molecular weight excluding hydrogens is 330 g/mol. The van der Waals surface area contributed by atoms with Gasteiger partial charge in [-0.2, -0.15) is 0 Å². The Kier molecular flexibility index (Phi) is 11.7. The van der Waals surface area contributed by atoms with Crippen LogP contribution in [-0.2, 0) is 0 Å². The van der Waals surface area contributed by atoms with Gasteiger partial charge in [0.15, 0.2) is 0 Å². The van der Waals surface area contributed by atoms with Crippen LogP contribution in [0.2, 0.25) is 0 Å². The van der Waals surface area contributed by atoms with Crippen LogP contribution < -0.4 is 16.0 Å². The Labute approximate surface area is 164 Å². The van der Waals surface area contributed by atoms with Crippen LogP contribution in [-0.4, -0.2) is 20.1 Å². The van der Waals surface area contributed by atoms with E-state index in [0.29, 0.717) is 0 Å². The maximum atomic E-state index is 3.25. The Bertz CT molecular complexity index is 712. The molecule has 0 radical (unpaired) electrons. The molecule has 0 spiro atoms. The Hall–Kier alpha value is -2.94. The number of hydrogen-bond acceptors (Lipinski definition) is 3. The summed E-state index contributed by atoms with van der Waals surface area (Å²) in [5.74, 6) is 0. The first kappa shape index (κ1) is 22.1. The smallest absolute Gasteiger partial charge is 0.0342 e. The Morgan fingerprint density at radius 2 is 1.07 bits per heavy atom. The van der Waals surface area contributed by atoms with E-state index in [9.17, 15) is 0 Å². The molecule has 0 amide bonds. The summed E-state index contributed by atoms with van der Waals surface area (Å²) in [6.07, 6.45) is 0. The number of aryl methyl sites for hydroxylation is 1. The highest BCUT2D eigenvalue weighted by atomic mass is 14.9. The fourth-order valence-corrected chi connectivity index (χ4v) is 2.32. The Morgan fingerprint density at radius 3 is 1.52 bits per heavy atom. The van der Waals surface area contributed by atoms with Crippen molar-refractivity contribution in [1.29, 1.82) is 0 Å². The lowest BCUT2D eigenvalue weighted by Gasteiger charge is -2.02. The lowest BCUT2D eigenvalue weighted by molar-refractivity contribution is 1.21. The van der Waals surface area contributed by atoms with Gasteiger partial charge in [-0.1, -0.05) is 48.5 Å². The summed E-state index contributed by atoms with van der Waals surface area (Å²) in [7, 11) is 1.91. The van der Waals surface area contributed by atoms with E-state index >= 15 is 0 Å². The third kappa shape index (κ3) is 10.6. The van der Waals surface area contributed by atoms with Gasteiger partial charge < -0.3 is 16.0 Å². The maximum Gasteiger partial charge on any atom is 0.0342 e. The summed E-state index contributed by atoms with van der Waals surface area (Å²) in [6.45, 7) is 8.27. The number of para-hydroxylation sites is 2. The second-order valence-electron chi connectivity index (χ2n) is 5.91. The van der Waals surface area contributed by atoms with E-state index in [-0.39, 0.29) is 0 Å². The van der Waals surface area contributed by atoms with Crippen molar-refractivity contribution in [3.05, 3.63) is 90.5 Å². The quantitative estimate of drug-likeness (QED) is 0.500. The summed E-state index contributed by atoms with van der Waals surface area (Å²) in [5.41, 5.74) is 4.87. The molecule has 3 rings (SSSR count). The van der Waals surface area contributed by atoms with Gasteiger partial charge in [0.2, 0.25) is 0 Å². The highest BCUT2D eigenvalue weighted by molar-refractivity contribution is 5.45. The zero-order valence-electron chi connectivity index (χ0n) is 17.0. The van der Waals surface area contributed by atoms with Crippen molar-refractivity contribution in [3.63, 3.8) is 0 Å². The summed E-state index contributed by atoms with van der Waals surface area (Å²) < 4.78 is 0. The molecule has 27 heavy (non-hydrogen) atoms. The Balaban J connectivity index is 0.000000204. The van der Waals surface area contributed by atoms with E-state index in [1.54, 1.807) is 0 Å². The van der Waals surface area contributed by atoms with E-state index in [1.165, 1.54) is 16.9 Å². The second-order valence-corrected chi connectivity index (χ2v) is 5.91. The molecule has 0 bridgehead atoms. The van der Waals surface area contributed by atoms with Crippen LogP contribution in [0.4, 0.5) is 17.1 Å². The molecule has 3 N–H and O–H groups in total. The predicted molar refractivity (Wildman–Crippen MR) is 122 cm³/mol. The third-order valence-corrected chi connectivity index (χ3v) is 3.62. The molecule has 0 saturated heterocycles. The highest BCUT2D eigenvalue weighted by Crippen LogP contribution is 2.08. The predicted octanol–water partition coefficient (Wildman–Crippen LogP) is 6.27. The average Bonchev–Trinajstić information content (AvgIpc) is 2.71. The summed E-state index contributed by atoms with van der Waals surface area (Å²) in [5, 5.41) is 9.48. The first-order chi connectivity index (χ1) is 13.2. The molecule has 0 aliphatic carbocycles. The first-order valence-electron chi connectivity index (χ1n) is 9.51.